The Morgan fingerprint density at radius 1 is 1.83 bits per heavy atom. The van der Waals surface area contributed by atoms with Crippen molar-refractivity contribution < 1.29 is 17.3 Å². The molecule has 0 aliphatic heterocycles. The van der Waals surface area contributed by atoms with E-state index >= 15 is 0 Å². The Balaban J connectivity index is 3.23. The number of nitrogens with zero attached hydrogens (tertiary/aromatic N) is 2. The van der Waals surface area contributed by atoms with E-state index < -0.39 is 26.9 Å². The fraction of sp³-hybridized carbons (Fsp3) is 0.400. The van der Waals surface area contributed by atoms with Crippen molar-refractivity contribution in [1.29, 1.82) is 0 Å². The summed E-state index contributed by atoms with van der Waals surface area (Å²) in [5.41, 5.74) is 0. The van der Waals surface area contributed by atoms with E-state index in [1.165, 1.54) is 7.05 Å². The van der Waals surface area contributed by atoms with Crippen LogP contribution in [0.2, 0.25) is 0 Å². The lowest BCUT2D eigenvalue weighted by Gasteiger charge is -2.00. The Labute approximate surface area is 78.5 Å². The first-order valence-electron chi connectivity index (χ1n) is 4.27. The highest BCUT2D eigenvalue weighted by Gasteiger charge is 2.20. The van der Waals surface area contributed by atoms with Gasteiger partial charge in [-0.1, -0.05) is 0 Å². The molecule has 1 aromatic rings. The van der Waals surface area contributed by atoms with Gasteiger partial charge in [0, 0.05) is 17.7 Å². The van der Waals surface area contributed by atoms with Crippen LogP contribution in [0.4, 0.5) is 0 Å². The molecule has 0 unspecified atom stereocenters. The molecule has 1 rings (SSSR count). The van der Waals surface area contributed by atoms with Crippen LogP contribution in [0.15, 0.2) is 11.1 Å². The molecular formula is C5H7ClN2O3S. The SMILES string of the molecule is [2H]C([2H])([2H])Oc1c(S(=O)(=O)Cl)cnn1C. The molecule has 0 spiro atoms. The summed E-state index contributed by atoms with van der Waals surface area (Å²) in [6.07, 6.45) is 0.920. The highest BCUT2D eigenvalue weighted by molar-refractivity contribution is 8.13. The molecule has 5 nitrogen and oxygen atoms in total. The van der Waals surface area contributed by atoms with Crippen LogP contribution in [0.5, 0.6) is 5.88 Å². The third kappa shape index (κ3) is 1.54. The van der Waals surface area contributed by atoms with Gasteiger partial charge in [0.25, 0.3) is 9.05 Å². The second-order valence-corrected chi connectivity index (χ2v) is 4.51. The molecule has 0 radical (unpaired) electrons. The number of hydrogen-bond acceptors (Lipinski definition) is 4. The number of methoxy groups -OCH3 is 1. The van der Waals surface area contributed by atoms with Crippen molar-refractivity contribution >= 4 is 19.7 Å². The topological polar surface area (TPSA) is 61.2 Å². The minimum atomic E-state index is -4.07. The highest BCUT2D eigenvalue weighted by atomic mass is 35.7. The molecular weight excluding hydrogens is 204 g/mol. The maximum absolute atomic E-state index is 11.0. The predicted molar refractivity (Wildman–Crippen MR) is 42.8 cm³/mol. The van der Waals surface area contributed by atoms with Gasteiger partial charge in [-0.15, -0.1) is 0 Å². The summed E-state index contributed by atoms with van der Waals surface area (Å²) < 4.78 is 48.0. The van der Waals surface area contributed by atoms with E-state index in [9.17, 15) is 8.42 Å². The lowest BCUT2D eigenvalue weighted by Crippen LogP contribution is -1.98. The molecule has 1 aromatic heterocycles. The number of halogens is 1. The van der Waals surface area contributed by atoms with Crippen molar-refractivity contribution in [2.45, 2.75) is 4.90 Å². The second-order valence-electron chi connectivity index (χ2n) is 1.98. The first-order valence-corrected chi connectivity index (χ1v) is 5.08. The lowest BCUT2D eigenvalue weighted by molar-refractivity contribution is 0.364. The molecule has 0 aliphatic rings. The van der Waals surface area contributed by atoms with E-state index in [0.29, 0.717) is 0 Å². The maximum atomic E-state index is 11.0. The van der Waals surface area contributed by atoms with Gasteiger partial charge < -0.3 is 4.74 Å². The minimum absolute atomic E-state index is 0.412. The molecule has 0 N–H and O–H groups in total. The van der Waals surface area contributed by atoms with Crippen LogP contribution < -0.4 is 4.74 Å². The van der Waals surface area contributed by atoms with Crippen molar-refractivity contribution in [1.82, 2.24) is 9.78 Å². The van der Waals surface area contributed by atoms with E-state index in [-0.39, 0.29) is 0 Å². The normalized spacial score (nSPS) is 16.3. The monoisotopic (exact) mass is 213 g/mol. The van der Waals surface area contributed by atoms with Gasteiger partial charge in [-0.2, -0.15) is 5.10 Å². The van der Waals surface area contributed by atoms with Gasteiger partial charge in [0.05, 0.1) is 17.3 Å². The van der Waals surface area contributed by atoms with Crippen molar-refractivity contribution in [3.05, 3.63) is 6.20 Å². The predicted octanol–water partition coefficient (Wildman–Crippen LogP) is 0.356. The van der Waals surface area contributed by atoms with E-state index in [1.54, 1.807) is 0 Å². The number of rotatable bonds is 2. The Hall–Kier alpha value is -0.750. The van der Waals surface area contributed by atoms with Crippen LogP contribution in [-0.2, 0) is 16.1 Å². The Bertz CT molecular complexity index is 466. The van der Waals surface area contributed by atoms with E-state index in [2.05, 4.69) is 9.84 Å². The Kier molecular flexibility index (Phi) is 1.43. The lowest BCUT2D eigenvalue weighted by atomic mass is 10.7. The average molecular weight is 214 g/mol. The van der Waals surface area contributed by atoms with Crippen LogP contribution in [-0.4, -0.2) is 25.2 Å². The fourth-order valence-electron chi connectivity index (χ4n) is 0.690. The van der Waals surface area contributed by atoms with E-state index in [0.717, 1.165) is 10.9 Å². The number of aromatic nitrogens is 2. The van der Waals surface area contributed by atoms with Crippen LogP contribution in [0, 0.1) is 0 Å². The first-order chi connectivity index (χ1) is 6.61. The van der Waals surface area contributed by atoms with Crippen molar-refractivity contribution in [3.8, 4) is 5.88 Å². The summed E-state index contributed by atoms with van der Waals surface area (Å²) >= 11 is 0. The zero-order valence-electron chi connectivity index (χ0n) is 8.98. The minimum Gasteiger partial charge on any atom is -0.480 e. The molecule has 0 saturated heterocycles. The van der Waals surface area contributed by atoms with Gasteiger partial charge in [0.15, 0.2) is 4.90 Å². The van der Waals surface area contributed by atoms with Crippen LogP contribution in [0.3, 0.4) is 0 Å². The second kappa shape index (κ2) is 2.95. The molecule has 0 fully saturated rings. The van der Waals surface area contributed by atoms with Crippen molar-refractivity contribution in [2.75, 3.05) is 7.04 Å². The largest absolute Gasteiger partial charge is 0.480 e. The van der Waals surface area contributed by atoms with E-state index in [1.807, 2.05) is 0 Å². The number of aryl methyl sites for hydroxylation is 1. The van der Waals surface area contributed by atoms with Crippen LogP contribution in [0.25, 0.3) is 0 Å². The van der Waals surface area contributed by atoms with Crippen molar-refractivity contribution in [3.63, 3.8) is 0 Å². The molecule has 0 saturated carbocycles. The third-order valence-electron chi connectivity index (χ3n) is 1.21. The molecule has 0 aromatic carbocycles. The molecule has 12 heavy (non-hydrogen) atoms. The molecule has 7 heteroatoms. The maximum Gasteiger partial charge on any atom is 0.268 e. The van der Waals surface area contributed by atoms with Gasteiger partial charge in [0.1, 0.15) is 0 Å². The van der Waals surface area contributed by atoms with Gasteiger partial charge in [-0.25, -0.2) is 13.1 Å². The van der Waals surface area contributed by atoms with E-state index in [4.69, 9.17) is 14.8 Å². The first kappa shape index (κ1) is 5.82. The number of hydrogen-bond donors (Lipinski definition) is 0. The Morgan fingerprint density at radius 3 is 3.00 bits per heavy atom. The average Bonchev–Trinajstić information content (AvgIpc) is 2.28. The van der Waals surface area contributed by atoms with Gasteiger partial charge >= 0.3 is 0 Å². The summed E-state index contributed by atoms with van der Waals surface area (Å²) in [5.74, 6) is -0.412. The summed E-state index contributed by atoms with van der Waals surface area (Å²) in [4.78, 5) is -0.470. The molecule has 68 valence electrons. The summed E-state index contributed by atoms with van der Waals surface area (Å²) in [6, 6.07) is 0. The standard InChI is InChI=1S/C5H7ClN2O3S/c1-8-5(11-2)4(3-7-8)12(6,9)10/h3H,1-2H3/i2D3. The van der Waals surface area contributed by atoms with Gasteiger partial charge in [-0.05, 0) is 0 Å². The van der Waals surface area contributed by atoms with Gasteiger partial charge in [-0.3, -0.25) is 0 Å². The third-order valence-corrected chi connectivity index (χ3v) is 2.52. The summed E-state index contributed by atoms with van der Waals surface area (Å²) in [7, 11) is -0.430. The molecule has 1 heterocycles. The zero-order valence-corrected chi connectivity index (χ0v) is 7.56. The highest BCUT2D eigenvalue weighted by Crippen LogP contribution is 2.24. The Morgan fingerprint density at radius 2 is 2.50 bits per heavy atom. The summed E-state index contributed by atoms with van der Waals surface area (Å²) in [5, 5.41) is 3.55. The molecule has 0 atom stereocenters. The number of ether oxygens (including phenoxy) is 1. The smallest absolute Gasteiger partial charge is 0.268 e. The van der Waals surface area contributed by atoms with Gasteiger partial charge in [0.2, 0.25) is 5.88 Å². The van der Waals surface area contributed by atoms with Crippen molar-refractivity contribution in [2.24, 2.45) is 7.05 Å². The van der Waals surface area contributed by atoms with Crippen LogP contribution >= 0.6 is 10.7 Å². The quantitative estimate of drug-likeness (QED) is 0.666. The fourth-order valence-corrected chi connectivity index (χ4v) is 1.56. The van der Waals surface area contributed by atoms with Crippen LogP contribution in [0.1, 0.15) is 4.11 Å². The molecule has 0 bridgehead atoms. The molecule has 0 aliphatic carbocycles. The molecule has 0 amide bonds. The zero-order chi connectivity index (χ0) is 11.9. The summed E-state index contributed by atoms with van der Waals surface area (Å²) in [6.45, 7) is 0.